The zero-order valence-corrected chi connectivity index (χ0v) is 8.66. The summed E-state index contributed by atoms with van der Waals surface area (Å²) < 4.78 is 5.02. The van der Waals surface area contributed by atoms with Crippen LogP contribution in [0.2, 0.25) is 0 Å². The molecule has 0 saturated carbocycles. The van der Waals surface area contributed by atoms with Gasteiger partial charge in [0.05, 0.1) is 12.7 Å². The number of β-amino-alcohol motifs (C(OH)–C–C–N with tert-alkyl or cyclic N) is 1. The molecule has 1 aliphatic heterocycles. The van der Waals surface area contributed by atoms with Crippen molar-refractivity contribution >= 4 is 11.8 Å². The summed E-state index contributed by atoms with van der Waals surface area (Å²) in [5.74, 6) is -1.85. The first-order valence-electron chi connectivity index (χ1n) is 4.98. The van der Waals surface area contributed by atoms with E-state index in [2.05, 4.69) is 10.6 Å². The van der Waals surface area contributed by atoms with Gasteiger partial charge in [-0.25, -0.2) is 0 Å². The first kappa shape index (κ1) is 11.9. The number of nitrogens with one attached hydrogen (secondary N) is 2. The lowest BCUT2D eigenvalue weighted by Gasteiger charge is -2.11. The standard InChI is InChI=1S/C9H16N2O4/c1-2-15-4-3-10-8(13)7-6(12)5-11-9(7)14/h6-7,12H,2-5H2,1H3,(H,10,13)(H,11,14). The van der Waals surface area contributed by atoms with E-state index in [0.29, 0.717) is 19.8 Å². The van der Waals surface area contributed by atoms with Crippen LogP contribution in [0.3, 0.4) is 0 Å². The Balaban J connectivity index is 2.30. The summed E-state index contributed by atoms with van der Waals surface area (Å²) in [4.78, 5) is 22.6. The van der Waals surface area contributed by atoms with Gasteiger partial charge in [0.25, 0.3) is 0 Å². The van der Waals surface area contributed by atoms with E-state index in [1.165, 1.54) is 0 Å². The van der Waals surface area contributed by atoms with Gasteiger partial charge in [-0.05, 0) is 6.92 Å². The van der Waals surface area contributed by atoms with Crippen molar-refractivity contribution in [2.24, 2.45) is 5.92 Å². The summed E-state index contributed by atoms with van der Waals surface area (Å²) >= 11 is 0. The minimum Gasteiger partial charge on any atom is -0.390 e. The number of hydrogen-bond donors (Lipinski definition) is 3. The monoisotopic (exact) mass is 216 g/mol. The molecule has 2 amide bonds. The average Bonchev–Trinajstić information content (AvgIpc) is 2.53. The van der Waals surface area contributed by atoms with Gasteiger partial charge in [0.15, 0.2) is 0 Å². The van der Waals surface area contributed by atoms with Crippen LogP contribution in [0.5, 0.6) is 0 Å². The molecule has 1 aliphatic rings. The van der Waals surface area contributed by atoms with Crippen molar-refractivity contribution in [2.45, 2.75) is 13.0 Å². The van der Waals surface area contributed by atoms with Gasteiger partial charge < -0.3 is 20.5 Å². The average molecular weight is 216 g/mol. The van der Waals surface area contributed by atoms with Gasteiger partial charge in [-0.2, -0.15) is 0 Å². The van der Waals surface area contributed by atoms with Crippen LogP contribution in [0.25, 0.3) is 0 Å². The molecule has 86 valence electrons. The van der Waals surface area contributed by atoms with Crippen LogP contribution in [0, 0.1) is 5.92 Å². The van der Waals surface area contributed by atoms with Crippen LogP contribution >= 0.6 is 0 Å². The fraction of sp³-hybridized carbons (Fsp3) is 0.778. The number of rotatable bonds is 5. The molecule has 0 aliphatic carbocycles. The van der Waals surface area contributed by atoms with Gasteiger partial charge >= 0.3 is 0 Å². The van der Waals surface area contributed by atoms with Gasteiger partial charge in [0, 0.05) is 19.7 Å². The molecular formula is C9H16N2O4. The van der Waals surface area contributed by atoms with Crippen molar-refractivity contribution in [2.75, 3.05) is 26.3 Å². The van der Waals surface area contributed by atoms with Crippen molar-refractivity contribution in [3.8, 4) is 0 Å². The van der Waals surface area contributed by atoms with Crippen LogP contribution in [-0.2, 0) is 14.3 Å². The lowest BCUT2D eigenvalue weighted by Crippen LogP contribution is -2.40. The first-order chi connectivity index (χ1) is 7.16. The normalized spacial score (nSPS) is 25.1. The Hall–Kier alpha value is -1.14. The fourth-order valence-electron chi connectivity index (χ4n) is 1.40. The Labute approximate surface area is 88.0 Å². The molecule has 0 spiro atoms. The molecule has 6 nitrogen and oxygen atoms in total. The zero-order valence-electron chi connectivity index (χ0n) is 8.66. The van der Waals surface area contributed by atoms with Crippen LogP contribution in [0.4, 0.5) is 0 Å². The van der Waals surface area contributed by atoms with E-state index in [4.69, 9.17) is 4.74 Å². The number of amides is 2. The largest absolute Gasteiger partial charge is 0.390 e. The Morgan fingerprint density at radius 1 is 1.73 bits per heavy atom. The highest BCUT2D eigenvalue weighted by atomic mass is 16.5. The molecular weight excluding hydrogens is 200 g/mol. The molecule has 1 heterocycles. The number of aliphatic hydroxyl groups excluding tert-OH is 1. The minimum atomic E-state index is -0.980. The Bertz CT molecular complexity index is 244. The van der Waals surface area contributed by atoms with Crippen LogP contribution in [0.15, 0.2) is 0 Å². The molecule has 2 unspecified atom stereocenters. The zero-order chi connectivity index (χ0) is 11.3. The summed E-state index contributed by atoms with van der Waals surface area (Å²) in [5.41, 5.74) is 0. The number of carbonyl (C=O) groups excluding carboxylic acids is 2. The maximum Gasteiger partial charge on any atom is 0.235 e. The van der Waals surface area contributed by atoms with Crippen molar-refractivity contribution < 1.29 is 19.4 Å². The lowest BCUT2D eigenvalue weighted by molar-refractivity contribution is -0.135. The number of carbonyl (C=O) groups is 2. The van der Waals surface area contributed by atoms with Crippen LogP contribution in [-0.4, -0.2) is 49.3 Å². The van der Waals surface area contributed by atoms with E-state index in [1.807, 2.05) is 6.92 Å². The highest BCUT2D eigenvalue weighted by molar-refractivity contribution is 6.02. The molecule has 0 bridgehead atoms. The molecule has 15 heavy (non-hydrogen) atoms. The minimum absolute atomic E-state index is 0.141. The molecule has 0 aromatic rings. The van der Waals surface area contributed by atoms with Crippen LogP contribution < -0.4 is 10.6 Å². The molecule has 0 aromatic carbocycles. The Morgan fingerprint density at radius 3 is 3.00 bits per heavy atom. The predicted molar refractivity (Wildman–Crippen MR) is 52.0 cm³/mol. The molecule has 0 radical (unpaired) electrons. The molecule has 2 atom stereocenters. The summed E-state index contributed by atoms with van der Waals surface area (Å²) in [5, 5.41) is 14.3. The van der Waals surface area contributed by atoms with E-state index in [0.717, 1.165) is 0 Å². The molecule has 1 rings (SSSR count). The smallest absolute Gasteiger partial charge is 0.235 e. The second-order valence-electron chi connectivity index (χ2n) is 3.28. The topological polar surface area (TPSA) is 87.7 Å². The van der Waals surface area contributed by atoms with Crippen LogP contribution in [0.1, 0.15) is 6.92 Å². The summed E-state index contributed by atoms with van der Waals surface area (Å²) in [6.07, 6.45) is -0.926. The number of ether oxygens (including phenoxy) is 1. The predicted octanol–water partition coefficient (Wildman–Crippen LogP) is -1.75. The number of hydrogen-bond acceptors (Lipinski definition) is 4. The highest BCUT2D eigenvalue weighted by Crippen LogP contribution is 2.09. The van der Waals surface area contributed by atoms with Crippen molar-refractivity contribution in [1.29, 1.82) is 0 Å². The van der Waals surface area contributed by atoms with Gasteiger partial charge in [-0.1, -0.05) is 0 Å². The molecule has 6 heteroatoms. The Kier molecular flexibility index (Phi) is 4.51. The van der Waals surface area contributed by atoms with Gasteiger partial charge in [-0.3, -0.25) is 9.59 Å². The van der Waals surface area contributed by atoms with Gasteiger partial charge in [0.1, 0.15) is 5.92 Å². The van der Waals surface area contributed by atoms with E-state index in [9.17, 15) is 14.7 Å². The summed E-state index contributed by atoms with van der Waals surface area (Å²) in [7, 11) is 0. The molecule has 0 aromatic heterocycles. The van der Waals surface area contributed by atoms with E-state index < -0.39 is 23.8 Å². The van der Waals surface area contributed by atoms with E-state index in [1.54, 1.807) is 0 Å². The fourth-order valence-corrected chi connectivity index (χ4v) is 1.40. The first-order valence-corrected chi connectivity index (χ1v) is 4.98. The maximum absolute atomic E-state index is 11.4. The maximum atomic E-state index is 11.4. The second-order valence-corrected chi connectivity index (χ2v) is 3.28. The van der Waals surface area contributed by atoms with Gasteiger partial charge in [0.2, 0.25) is 11.8 Å². The third-order valence-corrected chi connectivity index (χ3v) is 2.18. The van der Waals surface area contributed by atoms with Crippen molar-refractivity contribution in [3.05, 3.63) is 0 Å². The van der Waals surface area contributed by atoms with Crippen molar-refractivity contribution in [3.63, 3.8) is 0 Å². The lowest BCUT2D eigenvalue weighted by atomic mass is 10.1. The quantitative estimate of drug-likeness (QED) is 0.375. The SMILES string of the molecule is CCOCCNC(=O)C1C(=O)NCC1O. The molecule has 1 fully saturated rings. The van der Waals surface area contributed by atoms with E-state index in [-0.39, 0.29) is 6.54 Å². The summed E-state index contributed by atoms with van der Waals surface area (Å²) in [6, 6.07) is 0. The summed E-state index contributed by atoms with van der Waals surface area (Å²) in [6.45, 7) is 3.34. The van der Waals surface area contributed by atoms with Gasteiger partial charge in [-0.15, -0.1) is 0 Å². The highest BCUT2D eigenvalue weighted by Gasteiger charge is 2.38. The second kappa shape index (κ2) is 5.67. The molecule has 3 N–H and O–H groups in total. The number of aliphatic hydroxyl groups is 1. The van der Waals surface area contributed by atoms with Crippen molar-refractivity contribution in [1.82, 2.24) is 10.6 Å². The Morgan fingerprint density at radius 2 is 2.47 bits per heavy atom. The third-order valence-electron chi connectivity index (χ3n) is 2.18. The molecule has 1 saturated heterocycles. The third kappa shape index (κ3) is 3.17. The van der Waals surface area contributed by atoms with E-state index >= 15 is 0 Å².